The van der Waals surface area contributed by atoms with E-state index in [9.17, 15) is 4.79 Å². The molecular formula is C21H19N5O2S. The second-order valence-corrected chi connectivity index (χ2v) is 7.93. The summed E-state index contributed by atoms with van der Waals surface area (Å²) in [6, 6.07) is 12.4. The van der Waals surface area contributed by atoms with Crippen molar-refractivity contribution in [2.24, 2.45) is 5.73 Å². The fourth-order valence-corrected chi connectivity index (χ4v) is 4.38. The fraction of sp³-hybridized carbons (Fsp3) is 0.238. The Balaban J connectivity index is 1.48. The van der Waals surface area contributed by atoms with Gasteiger partial charge in [0.1, 0.15) is 10.8 Å². The summed E-state index contributed by atoms with van der Waals surface area (Å²) in [4.78, 5) is 18.5. The molecule has 0 bridgehead atoms. The van der Waals surface area contributed by atoms with Crippen LogP contribution in [0.2, 0.25) is 0 Å². The lowest BCUT2D eigenvalue weighted by Crippen LogP contribution is -2.36. The normalized spacial score (nSPS) is 15.9. The highest BCUT2D eigenvalue weighted by atomic mass is 32.1. The van der Waals surface area contributed by atoms with Gasteiger partial charge in [-0.25, -0.2) is 4.98 Å². The molecule has 2 aliphatic rings. The Morgan fingerprint density at radius 3 is 2.79 bits per heavy atom. The van der Waals surface area contributed by atoms with E-state index in [0.29, 0.717) is 5.01 Å². The van der Waals surface area contributed by atoms with Gasteiger partial charge in [-0.2, -0.15) is 0 Å². The van der Waals surface area contributed by atoms with E-state index in [0.717, 1.165) is 60.9 Å². The maximum atomic E-state index is 11.3. The fourth-order valence-electron chi connectivity index (χ4n) is 3.68. The first-order valence-electron chi connectivity index (χ1n) is 9.46. The molecule has 0 saturated carbocycles. The highest BCUT2D eigenvalue weighted by Crippen LogP contribution is 2.36. The van der Waals surface area contributed by atoms with E-state index in [1.165, 1.54) is 16.9 Å². The Labute approximate surface area is 171 Å². The molecule has 146 valence electrons. The van der Waals surface area contributed by atoms with Crippen LogP contribution in [0, 0.1) is 0 Å². The summed E-state index contributed by atoms with van der Waals surface area (Å²) in [5, 5.41) is 8.90. The summed E-state index contributed by atoms with van der Waals surface area (Å²) in [5.74, 6) is 0.422. The number of carbonyl (C=O) groups excluding carboxylic acids is 1. The number of aromatic nitrogens is 3. The number of allylic oxidation sites excluding steroid dienone is 1. The van der Waals surface area contributed by atoms with E-state index in [4.69, 9.17) is 15.5 Å². The number of primary amides is 1. The van der Waals surface area contributed by atoms with Crippen molar-refractivity contribution in [1.29, 1.82) is 0 Å². The molecule has 1 aliphatic carbocycles. The van der Waals surface area contributed by atoms with Gasteiger partial charge in [0.05, 0.1) is 18.9 Å². The summed E-state index contributed by atoms with van der Waals surface area (Å²) >= 11 is 1.21. The van der Waals surface area contributed by atoms with Crippen LogP contribution in [-0.2, 0) is 11.2 Å². The van der Waals surface area contributed by atoms with Crippen LogP contribution in [-0.4, -0.2) is 47.4 Å². The van der Waals surface area contributed by atoms with Gasteiger partial charge in [-0.3, -0.25) is 4.79 Å². The number of amides is 1. The van der Waals surface area contributed by atoms with Gasteiger partial charge < -0.3 is 15.4 Å². The van der Waals surface area contributed by atoms with E-state index in [-0.39, 0.29) is 5.01 Å². The number of fused-ring (bicyclic) bond motifs is 1. The molecule has 29 heavy (non-hydrogen) atoms. The number of pyridine rings is 1. The molecule has 3 aromatic rings. The molecule has 2 N–H and O–H groups in total. The summed E-state index contributed by atoms with van der Waals surface area (Å²) in [7, 11) is 0. The third-order valence-corrected chi connectivity index (χ3v) is 6.14. The number of ether oxygens (including phenoxy) is 1. The molecule has 5 rings (SSSR count). The number of hydrogen-bond acceptors (Lipinski definition) is 7. The maximum absolute atomic E-state index is 11.3. The number of anilines is 1. The quantitative estimate of drug-likeness (QED) is 0.717. The van der Waals surface area contributed by atoms with Crippen LogP contribution in [0.5, 0.6) is 0 Å². The zero-order valence-corrected chi connectivity index (χ0v) is 16.5. The predicted molar refractivity (Wildman–Crippen MR) is 112 cm³/mol. The summed E-state index contributed by atoms with van der Waals surface area (Å²) in [6.07, 6.45) is 3.09. The van der Waals surface area contributed by atoms with E-state index < -0.39 is 5.91 Å². The van der Waals surface area contributed by atoms with Crippen LogP contribution in [0.1, 0.15) is 26.6 Å². The third kappa shape index (κ3) is 3.41. The molecule has 1 aliphatic heterocycles. The van der Waals surface area contributed by atoms with Gasteiger partial charge in [-0.1, -0.05) is 35.6 Å². The first kappa shape index (κ1) is 18.0. The summed E-state index contributed by atoms with van der Waals surface area (Å²) in [6.45, 7) is 3.18. The second kappa shape index (κ2) is 7.38. The largest absolute Gasteiger partial charge is 0.378 e. The van der Waals surface area contributed by atoms with Gasteiger partial charge in [0.2, 0.25) is 5.01 Å². The number of rotatable bonds is 4. The van der Waals surface area contributed by atoms with E-state index in [1.807, 2.05) is 18.2 Å². The Morgan fingerprint density at radius 1 is 1.14 bits per heavy atom. The number of nitrogens with zero attached hydrogens (tertiary/aromatic N) is 4. The lowest BCUT2D eigenvalue weighted by atomic mass is 10.0. The molecule has 2 aromatic heterocycles. The lowest BCUT2D eigenvalue weighted by molar-refractivity contribution is 0.0999. The van der Waals surface area contributed by atoms with Crippen LogP contribution in [0.15, 0.2) is 42.5 Å². The van der Waals surface area contributed by atoms with Crippen molar-refractivity contribution in [2.45, 2.75) is 6.42 Å². The number of hydrogen-bond donors (Lipinski definition) is 1. The van der Waals surface area contributed by atoms with Crippen LogP contribution < -0.4 is 10.6 Å². The van der Waals surface area contributed by atoms with Crippen molar-refractivity contribution in [1.82, 2.24) is 15.2 Å². The van der Waals surface area contributed by atoms with E-state index >= 15 is 0 Å². The van der Waals surface area contributed by atoms with Gasteiger partial charge >= 0.3 is 0 Å². The van der Waals surface area contributed by atoms with Crippen LogP contribution in [0.4, 0.5) is 5.82 Å². The first-order chi connectivity index (χ1) is 14.2. The average Bonchev–Trinajstić information content (AvgIpc) is 3.42. The molecule has 1 amide bonds. The SMILES string of the molecule is NC(=O)c1nnc(-c2ccc3c(c2)C(c2cccc(N4CCOCC4)n2)=CC3)s1. The highest BCUT2D eigenvalue weighted by Gasteiger charge is 2.20. The smallest absolute Gasteiger partial charge is 0.279 e. The number of benzene rings is 1. The molecule has 1 fully saturated rings. The molecule has 0 atom stereocenters. The van der Waals surface area contributed by atoms with Gasteiger partial charge in [0.25, 0.3) is 5.91 Å². The Kier molecular flexibility index (Phi) is 4.57. The number of morpholine rings is 1. The zero-order chi connectivity index (χ0) is 19.8. The van der Waals surface area contributed by atoms with E-state index in [2.05, 4.69) is 39.4 Å². The molecule has 0 unspecified atom stereocenters. The summed E-state index contributed by atoms with van der Waals surface area (Å²) in [5.41, 5.74) is 10.7. The third-order valence-electron chi connectivity index (χ3n) is 5.15. The number of nitrogens with two attached hydrogens (primary N) is 1. The molecular weight excluding hydrogens is 386 g/mol. The van der Waals surface area contributed by atoms with Crippen molar-refractivity contribution < 1.29 is 9.53 Å². The van der Waals surface area contributed by atoms with Crippen molar-refractivity contribution in [3.8, 4) is 10.6 Å². The van der Waals surface area contributed by atoms with Crippen molar-refractivity contribution in [3.05, 3.63) is 64.3 Å². The molecule has 1 aromatic carbocycles. The second-order valence-electron chi connectivity index (χ2n) is 6.95. The van der Waals surface area contributed by atoms with Gasteiger partial charge in [0, 0.05) is 24.2 Å². The molecule has 8 heteroatoms. The minimum absolute atomic E-state index is 0.219. The molecule has 1 saturated heterocycles. The minimum Gasteiger partial charge on any atom is -0.378 e. The summed E-state index contributed by atoms with van der Waals surface area (Å²) < 4.78 is 5.45. The predicted octanol–water partition coefficient (Wildman–Crippen LogP) is 2.52. The van der Waals surface area contributed by atoms with Crippen LogP contribution in [0.25, 0.3) is 16.1 Å². The molecule has 3 heterocycles. The lowest BCUT2D eigenvalue weighted by Gasteiger charge is -2.28. The van der Waals surface area contributed by atoms with Crippen LogP contribution in [0.3, 0.4) is 0 Å². The van der Waals surface area contributed by atoms with Crippen molar-refractivity contribution in [3.63, 3.8) is 0 Å². The van der Waals surface area contributed by atoms with Crippen LogP contribution >= 0.6 is 11.3 Å². The molecule has 0 spiro atoms. The van der Waals surface area contributed by atoms with Gasteiger partial charge in [-0.15, -0.1) is 10.2 Å². The molecule has 0 radical (unpaired) electrons. The minimum atomic E-state index is -0.556. The van der Waals surface area contributed by atoms with Crippen molar-refractivity contribution in [2.75, 3.05) is 31.2 Å². The number of carbonyl (C=O) groups is 1. The van der Waals surface area contributed by atoms with Crippen molar-refractivity contribution >= 4 is 28.6 Å². The highest BCUT2D eigenvalue weighted by molar-refractivity contribution is 7.16. The molecule has 7 nitrogen and oxygen atoms in total. The Hall–Kier alpha value is -3.10. The Bertz CT molecular complexity index is 1120. The topological polar surface area (TPSA) is 94.2 Å². The zero-order valence-electron chi connectivity index (χ0n) is 15.7. The Morgan fingerprint density at radius 2 is 2.00 bits per heavy atom. The first-order valence-corrected chi connectivity index (χ1v) is 10.3. The standard InChI is InChI=1S/C21H19N5O2S/c22-19(27)21-25-24-20(29-21)14-5-4-13-6-7-15(16(13)12-14)17-2-1-3-18(23-17)26-8-10-28-11-9-26/h1-5,7,12H,6,8-11H2,(H2,22,27). The monoisotopic (exact) mass is 405 g/mol. The van der Waals surface area contributed by atoms with Gasteiger partial charge in [-0.05, 0) is 35.7 Å². The van der Waals surface area contributed by atoms with E-state index in [1.54, 1.807) is 0 Å². The van der Waals surface area contributed by atoms with Gasteiger partial charge in [0.15, 0.2) is 0 Å². The maximum Gasteiger partial charge on any atom is 0.279 e. The average molecular weight is 405 g/mol.